The first-order chi connectivity index (χ1) is 10.7. The van der Waals surface area contributed by atoms with Gasteiger partial charge in [0.15, 0.2) is 5.60 Å². The minimum absolute atomic E-state index is 0.213. The van der Waals surface area contributed by atoms with Crippen LogP contribution in [0.15, 0.2) is 12.3 Å². The number of aromatic nitrogens is 1. The number of nitrogens with one attached hydrogen (secondary N) is 1. The largest absolute Gasteiger partial charge is 0.444 e. The standard InChI is InChI=1S/C15H18ClN3O4/c1-14(2,3)23-13(21)19-5-4-15(8-19)10-6-9(16)7-17-11(10)18-12(20)22-15/h6-7H,4-5,8H2,1-3H3,(H,17,18,20). The molecule has 2 amide bonds. The molecule has 1 atom stereocenters. The highest BCUT2D eigenvalue weighted by molar-refractivity contribution is 6.30. The molecule has 0 aromatic carbocycles. The van der Waals surface area contributed by atoms with Crippen molar-refractivity contribution in [1.82, 2.24) is 9.88 Å². The number of hydrogen-bond donors (Lipinski definition) is 1. The zero-order valence-electron chi connectivity index (χ0n) is 13.2. The Morgan fingerprint density at radius 1 is 1.52 bits per heavy atom. The van der Waals surface area contributed by atoms with E-state index < -0.39 is 23.4 Å². The molecule has 1 aromatic heterocycles. The summed E-state index contributed by atoms with van der Waals surface area (Å²) < 4.78 is 10.9. The molecule has 23 heavy (non-hydrogen) atoms. The second kappa shape index (κ2) is 5.26. The van der Waals surface area contributed by atoms with Crippen LogP contribution in [0.3, 0.4) is 0 Å². The first kappa shape index (κ1) is 15.9. The molecule has 2 aliphatic rings. The lowest BCUT2D eigenvalue weighted by molar-refractivity contribution is 0.00408. The number of fused-ring (bicyclic) bond motifs is 2. The van der Waals surface area contributed by atoms with Gasteiger partial charge >= 0.3 is 12.2 Å². The number of halogens is 1. The molecule has 0 aliphatic carbocycles. The van der Waals surface area contributed by atoms with Crippen molar-refractivity contribution in [3.63, 3.8) is 0 Å². The van der Waals surface area contributed by atoms with Gasteiger partial charge in [0.25, 0.3) is 0 Å². The number of nitrogens with zero attached hydrogens (tertiary/aromatic N) is 2. The Kier molecular flexibility index (Phi) is 3.63. The molecular weight excluding hydrogens is 322 g/mol. The monoisotopic (exact) mass is 339 g/mol. The Hall–Kier alpha value is -2.02. The molecule has 1 aromatic rings. The highest BCUT2D eigenvalue weighted by atomic mass is 35.5. The second-order valence-electron chi connectivity index (χ2n) is 6.71. The fourth-order valence-corrected chi connectivity index (χ4v) is 2.97. The fraction of sp³-hybridized carbons (Fsp3) is 0.533. The molecule has 0 saturated carbocycles. The molecule has 0 radical (unpaired) electrons. The molecule has 1 spiro atoms. The van der Waals surface area contributed by atoms with Gasteiger partial charge in [-0.3, -0.25) is 5.32 Å². The number of hydrogen-bond acceptors (Lipinski definition) is 5. The predicted octanol–water partition coefficient (Wildman–Crippen LogP) is 3.13. The van der Waals surface area contributed by atoms with Crippen LogP contribution >= 0.6 is 11.6 Å². The Labute approximate surface area is 138 Å². The average molecular weight is 340 g/mol. The molecule has 1 fully saturated rings. The number of carbonyl (C=O) groups is 2. The minimum atomic E-state index is -0.938. The first-order valence-corrected chi connectivity index (χ1v) is 7.70. The van der Waals surface area contributed by atoms with Gasteiger partial charge in [-0.2, -0.15) is 0 Å². The lowest BCUT2D eigenvalue weighted by Gasteiger charge is -2.34. The van der Waals surface area contributed by atoms with E-state index in [0.29, 0.717) is 29.4 Å². The van der Waals surface area contributed by atoms with Gasteiger partial charge in [-0.25, -0.2) is 14.6 Å². The lowest BCUT2D eigenvalue weighted by Crippen LogP contribution is -2.43. The number of anilines is 1. The normalized spacial score (nSPS) is 23.3. The van der Waals surface area contributed by atoms with E-state index in [0.717, 1.165) is 0 Å². The highest BCUT2D eigenvalue weighted by Crippen LogP contribution is 2.43. The molecule has 1 unspecified atom stereocenters. The predicted molar refractivity (Wildman–Crippen MR) is 83.5 cm³/mol. The van der Waals surface area contributed by atoms with E-state index >= 15 is 0 Å². The maximum Gasteiger partial charge on any atom is 0.413 e. The Balaban J connectivity index is 1.88. The Morgan fingerprint density at radius 3 is 2.96 bits per heavy atom. The summed E-state index contributed by atoms with van der Waals surface area (Å²) in [5.74, 6) is 0.414. The third-order valence-corrected chi connectivity index (χ3v) is 3.94. The summed E-state index contributed by atoms with van der Waals surface area (Å²) in [7, 11) is 0. The van der Waals surface area contributed by atoms with Gasteiger partial charge in [-0.15, -0.1) is 0 Å². The van der Waals surface area contributed by atoms with Crippen molar-refractivity contribution in [3.05, 3.63) is 22.8 Å². The third-order valence-electron chi connectivity index (χ3n) is 3.74. The molecular formula is C15H18ClN3O4. The average Bonchev–Trinajstić information content (AvgIpc) is 2.83. The van der Waals surface area contributed by atoms with E-state index in [2.05, 4.69) is 10.3 Å². The summed E-state index contributed by atoms with van der Waals surface area (Å²) in [6, 6.07) is 1.71. The van der Waals surface area contributed by atoms with Gasteiger partial charge in [-0.05, 0) is 26.8 Å². The number of pyridine rings is 1. The van der Waals surface area contributed by atoms with Crippen molar-refractivity contribution in [3.8, 4) is 0 Å². The maximum absolute atomic E-state index is 12.3. The quantitative estimate of drug-likeness (QED) is 0.785. The van der Waals surface area contributed by atoms with Crippen LogP contribution in [0.2, 0.25) is 5.02 Å². The maximum atomic E-state index is 12.3. The van der Waals surface area contributed by atoms with Crippen molar-refractivity contribution in [1.29, 1.82) is 0 Å². The van der Waals surface area contributed by atoms with Gasteiger partial charge in [0.05, 0.1) is 11.6 Å². The summed E-state index contributed by atoms with van der Waals surface area (Å²) in [5, 5.41) is 3.00. The van der Waals surface area contributed by atoms with Crippen LogP contribution < -0.4 is 5.32 Å². The van der Waals surface area contributed by atoms with Crippen LogP contribution in [-0.2, 0) is 15.1 Å². The van der Waals surface area contributed by atoms with Gasteiger partial charge in [0.2, 0.25) is 0 Å². The van der Waals surface area contributed by atoms with Gasteiger partial charge in [0, 0.05) is 24.7 Å². The van der Waals surface area contributed by atoms with Crippen LogP contribution in [-0.4, -0.2) is 40.8 Å². The molecule has 3 heterocycles. The molecule has 7 nitrogen and oxygen atoms in total. The van der Waals surface area contributed by atoms with Crippen LogP contribution in [0.5, 0.6) is 0 Å². The summed E-state index contributed by atoms with van der Waals surface area (Å²) in [4.78, 5) is 29.8. The molecule has 2 aliphatic heterocycles. The van der Waals surface area contributed by atoms with Crippen molar-refractivity contribution < 1.29 is 19.1 Å². The van der Waals surface area contributed by atoms with E-state index in [-0.39, 0.29) is 6.54 Å². The lowest BCUT2D eigenvalue weighted by atomic mass is 9.92. The van der Waals surface area contributed by atoms with Crippen molar-refractivity contribution in [2.75, 3.05) is 18.4 Å². The molecule has 124 valence electrons. The summed E-state index contributed by atoms with van der Waals surface area (Å²) in [6.45, 7) is 6.05. The SMILES string of the molecule is CC(C)(C)OC(=O)N1CCC2(C1)OC(=O)Nc1ncc(Cl)cc12. The van der Waals surface area contributed by atoms with E-state index in [1.165, 1.54) is 11.1 Å². The molecule has 1 N–H and O–H groups in total. The summed E-state index contributed by atoms with van der Waals surface area (Å²) >= 11 is 6.02. The molecule has 3 rings (SSSR count). The van der Waals surface area contributed by atoms with Crippen molar-refractivity contribution >= 4 is 29.6 Å². The van der Waals surface area contributed by atoms with E-state index in [1.54, 1.807) is 26.8 Å². The van der Waals surface area contributed by atoms with E-state index in [9.17, 15) is 9.59 Å². The smallest absolute Gasteiger partial charge is 0.413 e. The second-order valence-corrected chi connectivity index (χ2v) is 7.15. The number of carbonyl (C=O) groups excluding carboxylic acids is 2. The van der Waals surface area contributed by atoms with E-state index in [1.807, 2.05) is 0 Å². The number of amides is 2. The topological polar surface area (TPSA) is 80.8 Å². The number of ether oxygens (including phenoxy) is 2. The third kappa shape index (κ3) is 3.06. The number of rotatable bonds is 0. The van der Waals surface area contributed by atoms with Gasteiger partial charge < -0.3 is 14.4 Å². The van der Waals surface area contributed by atoms with Crippen molar-refractivity contribution in [2.45, 2.75) is 38.4 Å². The Morgan fingerprint density at radius 2 is 2.26 bits per heavy atom. The van der Waals surface area contributed by atoms with E-state index in [4.69, 9.17) is 21.1 Å². The van der Waals surface area contributed by atoms with Crippen LogP contribution in [0.25, 0.3) is 0 Å². The summed E-state index contributed by atoms with van der Waals surface area (Å²) in [6.07, 6.45) is 0.911. The fourth-order valence-electron chi connectivity index (χ4n) is 2.81. The van der Waals surface area contributed by atoms with Crippen molar-refractivity contribution in [2.24, 2.45) is 0 Å². The van der Waals surface area contributed by atoms with Crippen LogP contribution in [0, 0.1) is 0 Å². The molecule has 8 heteroatoms. The van der Waals surface area contributed by atoms with Gasteiger partial charge in [0.1, 0.15) is 11.4 Å². The van der Waals surface area contributed by atoms with Gasteiger partial charge in [-0.1, -0.05) is 11.6 Å². The zero-order valence-corrected chi connectivity index (χ0v) is 13.9. The molecule has 1 saturated heterocycles. The summed E-state index contributed by atoms with van der Waals surface area (Å²) in [5.41, 5.74) is -0.844. The van der Waals surface area contributed by atoms with Crippen LogP contribution in [0.4, 0.5) is 15.4 Å². The first-order valence-electron chi connectivity index (χ1n) is 7.32. The Bertz CT molecular complexity index is 673. The number of likely N-dealkylation sites (tertiary alicyclic amines) is 1. The van der Waals surface area contributed by atoms with Crippen LogP contribution in [0.1, 0.15) is 32.8 Å². The minimum Gasteiger partial charge on any atom is -0.444 e. The molecule has 0 bridgehead atoms. The highest BCUT2D eigenvalue weighted by Gasteiger charge is 2.49. The zero-order chi connectivity index (χ0) is 16.8.